The average molecular weight is 331 g/mol. The van der Waals surface area contributed by atoms with Crippen LogP contribution in [0.25, 0.3) is 0 Å². The first-order valence-electron chi connectivity index (χ1n) is 7.87. The predicted octanol–water partition coefficient (Wildman–Crippen LogP) is 1.18. The van der Waals surface area contributed by atoms with E-state index >= 15 is 0 Å². The van der Waals surface area contributed by atoms with Crippen LogP contribution in [0.1, 0.15) is 11.6 Å². The molecule has 1 aromatic rings. The Morgan fingerprint density at radius 3 is 2.58 bits per heavy atom. The Balaban J connectivity index is 1.83. The summed E-state index contributed by atoms with van der Waals surface area (Å²) in [4.78, 5) is 26.1. The molecule has 0 unspecified atom stereocenters. The Hall–Kier alpha value is -2.54. The Morgan fingerprint density at radius 2 is 1.96 bits per heavy atom. The lowest BCUT2D eigenvalue weighted by molar-refractivity contribution is -0.145. The number of hydrogen-bond donors (Lipinski definition) is 2. The maximum atomic E-state index is 12.1. The average Bonchev–Trinajstić information content (AvgIpc) is 2.61. The van der Waals surface area contributed by atoms with Crippen LogP contribution in [0.3, 0.4) is 0 Å². The fourth-order valence-electron chi connectivity index (χ4n) is 3.08. The van der Waals surface area contributed by atoms with Gasteiger partial charge < -0.3 is 25.0 Å². The third kappa shape index (κ3) is 3.21. The molecule has 24 heavy (non-hydrogen) atoms. The molecule has 3 rings (SSSR count). The number of anilines is 1. The molecule has 0 saturated carbocycles. The van der Waals surface area contributed by atoms with E-state index in [1.54, 1.807) is 0 Å². The SMILES string of the molecule is C=C1NC(=O)N[C@H](c2ccc(N3CCOCC3)cc2)[C@H]1C(=O)OC. The van der Waals surface area contributed by atoms with Crippen molar-refractivity contribution >= 4 is 17.7 Å². The number of hydrogen-bond acceptors (Lipinski definition) is 5. The van der Waals surface area contributed by atoms with Crippen molar-refractivity contribution in [1.29, 1.82) is 0 Å². The molecule has 2 heterocycles. The quantitative estimate of drug-likeness (QED) is 0.813. The van der Waals surface area contributed by atoms with E-state index in [0.717, 1.165) is 37.6 Å². The van der Waals surface area contributed by atoms with E-state index in [4.69, 9.17) is 9.47 Å². The Bertz CT molecular complexity index is 638. The zero-order valence-corrected chi connectivity index (χ0v) is 13.6. The van der Waals surface area contributed by atoms with Crippen LogP contribution >= 0.6 is 0 Å². The third-order valence-electron chi connectivity index (χ3n) is 4.35. The molecule has 0 aromatic heterocycles. The van der Waals surface area contributed by atoms with Gasteiger partial charge in [0.15, 0.2) is 0 Å². The van der Waals surface area contributed by atoms with E-state index in [-0.39, 0.29) is 6.03 Å². The van der Waals surface area contributed by atoms with E-state index in [1.165, 1.54) is 7.11 Å². The number of methoxy groups -OCH3 is 1. The highest BCUT2D eigenvalue weighted by Gasteiger charge is 2.38. The molecule has 2 fully saturated rings. The summed E-state index contributed by atoms with van der Waals surface area (Å²) in [5, 5.41) is 5.32. The van der Waals surface area contributed by atoms with Gasteiger partial charge in [0, 0.05) is 24.5 Å². The van der Waals surface area contributed by atoms with Gasteiger partial charge in [-0.05, 0) is 17.7 Å². The Morgan fingerprint density at radius 1 is 1.29 bits per heavy atom. The fraction of sp³-hybridized carbons (Fsp3) is 0.412. The lowest BCUT2D eigenvalue weighted by atomic mass is 9.89. The highest BCUT2D eigenvalue weighted by Crippen LogP contribution is 2.31. The van der Waals surface area contributed by atoms with Crippen molar-refractivity contribution in [2.75, 3.05) is 38.3 Å². The van der Waals surface area contributed by atoms with Gasteiger partial charge in [0.1, 0.15) is 5.92 Å². The van der Waals surface area contributed by atoms with E-state index < -0.39 is 17.9 Å². The predicted molar refractivity (Wildman–Crippen MR) is 88.5 cm³/mol. The molecule has 0 radical (unpaired) electrons. The molecule has 2 saturated heterocycles. The number of ether oxygens (including phenoxy) is 2. The molecule has 128 valence electrons. The summed E-state index contributed by atoms with van der Waals surface area (Å²) in [7, 11) is 1.32. The van der Waals surface area contributed by atoms with Crippen molar-refractivity contribution in [3.05, 3.63) is 42.1 Å². The van der Waals surface area contributed by atoms with E-state index in [9.17, 15) is 9.59 Å². The van der Waals surface area contributed by atoms with Gasteiger partial charge in [-0.15, -0.1) is 0 Å². The van der Waals surface area contributed by atoms with Crippen LogP contribution in [0.15, 0.2) is 36.5 Å². The number of rotatable bonds is 3. The van der Waals surface area contributed by atoms with Gasteiger partial charge in [-0.1, -0.05) is 18.7 Å². The highest BCUT2D eigenvalue weighted by atomic mass is 16.5. The first-order valence-corrected chi connectivity index (χ1v) is 7.87. The van der Waals surface area contributed by atoms with Crippen molar-refractivity contribution in [1.82, 2.24) is 10.6 Å². The number of amides is 2. The van der Waals surface area contributed by atoms with Crippen LogP contribution in [0, 0.1) is 5.92 Å². The van der Waals surface area contributed by atoms with Crippen molar-refractivity contribution in [2.24, 2.45) is 5.92 Å². The normalized spacial score (nSPS) is 24.1. The van der Waals surface area contributed by atoms with Crippen molar-refractivity contribution < 1.29 is 19.1 Å². The molecule has 0 spiro atoms. The number of nitrogens with zero attached hydrogens (tertiary/aromatic N) is 1. The first-order chi connectivity index (χ1) is 11.6. The molecule has 0 aliphatic carbocycles. The van der Waals surface area contributed by atoms with E-state index in [0.29, 0.717) is 5.70 Å². The third-order valence-corrected chi connectivity index (χ3v) is 4.35. The largest absolute Gasteiger partial charge is 0.468 e. The van der Waals surface area contributed by atoms with Gasteiger partial charge in [0.25, 0.3) is 0 Å². The van der Waals surface area contributed by atoms with Crippen LogP contribution in [-0.4, -0.2) is 45.4 Å². The minimum absolute atomic E-state index is 0.341. The lowest BCUT2D eigenvalue weighted by Gasteiger charge is -2.33. The molecule has 1 aromatic carbocycles. The fourth-order valence-corrected chi connectivity index (χ4v) is 3.08. The first kappa shape index (κ1) is 16.3. The van der Waals surface area contributed by atoms with Crippen molar-refractivity contribution in [2.45, 2.75) is 6.04 Å². The number of morpholine rings is 1. The molecular formula is C17H21N3O4. The molecule has 2 atom stereocenters. The van der Waals surface area contributed by atoms with Gasteiger partial charge in [0.2, 0.25) is 0 Å². The second-order valence-corrected chi connectivity index (χ2v) is 5.79. The van der Waals surface area contributed by atoms with Gasteiger partial charge in [-0.3, -0.25) is 4.79 Å². The maximum Gasteiger partial charge on any atom is 0.319 e. The van der Waals surface area contributed by atoms with Crippen molar-refractivity contribution in [3.8, 4) is 0 Å². The zero-order chi connectivity index (χ0) is 17.1. The molecular weight excluding hydrogens is 310 g/mol. The number of nitrogens with one attached hydrogen (secondary N) is 2. The van der Waals surface area contributed by atoms with E-state index in [1.807, 2.05) is 24.3 Å². The monoisotopic (exact) mass is 331 g/mol. The molecule has 7 nitrogen and oxygen atoms in total. The summed E-state index contributed by atoms with van der Waals surface area (Å²) in [6.07, 6.45) is 0. The Kier molecular flexibility index (Phi) is 4.71. The molecule has 2 N–H and O–H groups in total. The summed E-state index contributed by atoms with van der Waals surface area (Å²) in [6.45, 7) is 6.93. The van der Waals surface area contributed by atoms with Crippen LogP contribution in [-0.2, 0) is 14.3 Å². The summed E-state index contributed by atoms with van der Waals surface area (Å²) in [6, 6.07) is 6.95. The number of urea groups is 1. The van der Waals surface area contributed by atoms with Gasteiger partial charge in [-0.25, -0.2) is 4.79 Å². The lowest BCUT2D eigenvalue weighted by Crippen LogP contribution is -2.51. The van der Waals surface area contributed by atoms with Crippen LogP contribution in [0.4, 0.5) is 10.5 Å². The minimum Gasteiger partial charge on any atom is -0.468 e. The van der Waals surface area contributed by atoms with Crippen LogP contribution < -0.4 is 15.5 Å². The molecule has 2 aliphatic heterocycles. The molecule has 2 aliphatic rings. The number of benzene rings is 1. The highest BCUT2D eigenvalue weighted by molar-refractivity contribution is 5.85. The van der Waals surface area contributed by atoms with Gasteiger partial charge in [-0.2, -0.15) is 0 Å². The Labute approximate surface area is 140 Å². The molecule has 7 heteroatoms. The minimum atomic E-state index is -0.665. The number of esters is 1. The zero-order valence-electron chi connectivity index (χ0n) is 13.6. The second-order valence-electron chi connectivity index (χ2n) is 5.79. The van der Waals surface area contributed by atoms with E-state index in [2.05, 4.69) is 22.1 Å². The van der Waals surface area contributed by atoms with Gasteiger partial charge >= 0.3 is 12.0 Å². The number of carbonyl (C=O) groups excluding carboxylic acids is 2. The second kappa shape index (κ2) is 6.92. The molecule has 2 amide bonds. The van der Waals surface area contributed by atoms with Gasteiger partial charge in [0.05, 0.1) is 26.4 Å². The summed E-state index contributed by atoms with van der Waals surface area (Å²) in [5.41, 5.74) is 2.27. The summed E-state index contributed by atoms with van der Waals surface area (Å²) in [5.74, 6) is -1.10. The van der Waals surface area contributed by atoms with Crippen molar-refractivity contribution in [3.63, 3.8) is 0 Å². The maximum absolute atomic E-state index is 12.1. The standard InChI is InChI=1S/C17H21N3O4/c1-11-14(16(21)23-2)15(19-17(22)18-11)12-3-5-13(6-4-12)20-7-9-24-10-8-20/h3-6,14-15H,1,7-10H2,2H3,(H2,18,19,22)/t14-,15+/m0/s1. The molecule has 0 bridgehead atoms. The number of carbonyl (C=O) groups is 2. The smallest absolute Gasteiger partial charge is 0.319 e. The summed E-state index contributed by atoms with van der Waals surface area (Å²) >= 11 is 0. The topological polar surface area (TPSA) is 79.9 Å². The van der Waals surface area contributed by atoms with Crippen LogP contribution in [0.2, 0.25) is 0 Å². The van der Waals surface area contributed by atoms with Crippen LogP contribution in [0.5, 0.6) is 0 Å². The summed E-state index contributed by atoms with van der Waals surface area (Å²) < 4.78 is 10.2.